The Morgan fingerprint density at radius 2 is 1.68 bits per heavy atom. The molecule has 0 bridgehead atoms. The fourth-order valence-electron chi connectivity index (χ4n) is 4.24. The number of amides is 2. The number of urea groups is 1. The molecule has 0 spiro atoms. The summed E-state index contributed by atoms with van der Waals surface area (Å²) in [5.41, 5.74) is 1.12. The maximum atomic E-state index is 13.4. The summed E-state index contributed by atoms with van der Waals surface area (Å²) in [5.74, 6) is 0.507. The lowest BCUT2D eigenvalue weighted by Gasteiger charge is -2.15. The molecule has 0 aliphatic carbocycles. The number of nitrogens with one attached hydrogen (secondary N) is 1. The largest absolute Gasteiger partial charge is 0.351 e. The van der Waals surface area contributed by atoms with Gasteiger partial charge in [0.15, 0.2) is 0 Å². The van der Waals surface area contributed by atoms with E-state index in [1.54, 1.807) is 48.5 Å². The van der Waals surface area contributed by atoms with Gasteiger partial charge in [-0.25, -0.2) is 22.7 Å². The van der Waals surface area contributed by atoms with Gasteiger partial charge in [-0.15, -0.1) is 5.10 Å². The number of unbranched alkanes of at least 4 members (excludes halogenated alkanes) is 1. The van der Waals surface area contributed by atoms with E-state index in [1.807, 2.05) is 6.92 Å². The van der Waals surface area contributed by atoms with Crippen molar-refractivity contribution < 1.29 is 18.1 Å². The molecule has 0 fully saturated rings. The van der Waals surface area contributed by atoms with Gasteiger partial charge in [-0.1, -0.05) is 67.9 Å². The Labute approximate surface area is 237 Å². The standard InChI is InChI=1S/C28H30N6O6S/c1-4-5-14-26-29-33(23-11-7-8-12-24(23)34(37)38)28(36)32(26)19-20-15-17-21(18-16-20)22-10-6-9-13-25(22)41(39,40)30-27(35)31(2)3/h6-13,15-18H,4-5,14,19H2,1-3H3,(H,30,35). The van der Waals surface area contributed by atoms with Crippen LogP contribution in [0.4, 0.5) is 10.5 Å². The zero-order valence-corrected chi connectivity index (χ0v) is 23.7. The summed E-state index contributed by atoms with van der Waals surface area (Å²) >= 11 is 0. The van der Waals surface area contributed by atoms with E-state index in [0.717, 1.165) is 28.0 Å². The van der Waals surface area contributed by atoms with Crippen molar-refractivity contribution in [2.45, 2.75) is 37.6 Å². The molecule has 0 atom stereocenters. The first-order valence-electron chi connectivity index (χ1n) is 12.9. The van der Waals surface area contributed by atoms with Crippen molar-refractivity contribution >= 4 is 21.7 Å². The van der Waals surface area contributed by atoms with E-state index in [1.165, 1.54) is 42.9 Å². The Bertz CT molecular complexity index is 1740. The van der Waals surface area contributed by atoms with E-state index in [2.05, 4.69) is 9.82 Å². The molecule has 1 heterocycles. The van der Waals surface area contributed by atoms with Gasteiger partial charge in [-0.05, 0) is 29.7 Å². The molecule has 0 unspecified atom stereocenters. The molecule has 0 saturated carbocycles. The number of aromatic nitrogens is 3. The lowest BCUT2D eigenvalue weighted by atomic mass is 10.0. The second kappa shape index (κ2) is 12.2. The monoisotopic (exact) mass is 578 g/mol. The molecular formula is C28H30N6O6S. The van der Waals surface area contributed by atoms with Crippen LogP contribution in [0.5, 0.6) is 0 Å². The summed E-state index contributed by atoms with van der Waals surface area (Å²) in [6, 6.07) is 18.6. The first kappa shape index (κ1) is 29.2. The minimum Gasteiger partial charge on any atom is -0.330 e. The zero-order chi connectivity index (χ0) is 29.7. The zero-order valence-electron chi connectivity index (χ0n) is 22.9. The van der Waals surface area contributed by atoms with Gasteiger partial charge in [0.2, 0.25) is 0 Å². The molecule has 1 N–H and O–H groups in total. The molecule has 214 valence electrons. The first-order valence-corrected chi connectivity index (χ1v) is 14.4. The van der Waals surface area contributed by atoms with Gasteiger partial charge in [-0.3, -0.25) is 14.7 Å². The van der Waals surface area contributed by atoms with Gasteiger partial charge in [0.1, 0.15) is 11.5 Å². The van der Waals surface area contributed by atoms with Crippen LogP contribution in [0.15, 0.2) is 82.5 Å². The van der Waals surface area contributed by atoms with Crippen molar-refractivity contribution in [3.8, 4) is 16.8 Å². The number of rotatable bonds is 10. The summed E-state index contributed by atoms with van der Waals surface area (Å²) < 4.78 is 30.5. The molecule has 0 saturated heterocycles. The molecule has 13 heteroatoms. The Balaban J connectivity index is 1.69. The first-order chi connectivity index (χ1) is 19.5. The summed E-state index contributed by atoms with van der Waals surface area (Å²) in [5, 5.41) is 16.0. The summed E-state index contributed by atoms with van der Waals surface area (Å²) in [6.45, 7) is 2.18. The van der Waals surface area contributed by atoms with Crippen LogP contribution in [-0.2, 0) is 23.0 Å². The number of aryl methyl sites for hydroxylation is 1. The van der Waals surface area contributed by atoms with Crippen LogP contribution >= 0.6 is 0 Å². The minimum absolute atomic E-state index is 0.0493. The number of hydrogen-bond donors (Lipinski definition) is 1. The van der Waals surface area contributed by atoms with Gasteiger partial charge in [0.25, 0.3) is 15.7 Å². The van der Waals surface area contributed by atoms with Crippen LogP contribution in [0.2, 0.25) is 0 Å². The fourth-order valence-corrected chi connectivity index (χ4v) is 5.50. The topological polar surface area (TPSA) is 149 Å². The Morgan fingerprint density at radius 1 is 1.02 bits per heavy atom. The number of nitrogens with zero attached hydrogens (tertiary/aromatic N) is 5. The van der Waals surface area contributed by atoms with Crippen molar-refractivity contribution in [2.24, 2.45) is 0 Å². The lowest BCUT2D eigenvalue weighted by molar-refractivity contribution is -0.384. The highest BCUT2D eigenvalue weighted by Gasteiger charge is 2.23. The highest BCUT2D eigenvalue weighted by Crippen LogP contribution is 2.28. The average Bonchev–Trinajstić information content (AvgIpc) is 3.26. The summed E-state index contributed by atoms with van der Waals surface area (Å²) in [6.07, 6.45) is 2.17. The molecule has 0 aliphatic rings. The fraction of sp³-hybridized carbons (Fsp3) is 0.250. The highest BCUT2D eigenvalue weighted by atomic mass is 32.2. The van der Waals surface area contributed by atoms with Crippen LogP contribution in [0.1, 0.15) is 31.2 Å². The maximum Gasteiger partial charge on any atom is 0.351 e. The number of para-hydroxylation sites is 2. The van der Waals surface area contributed by atoms with Crippen LogP contribution in [0.25, 0.3) is 16.8 Å². The average molecular weight is 579 g/mol. The van der Waals surface area contributed by atoms with Crippen molar-refractivity contribution in [1.82, 2.24) is 24.0 Å². The van der Waals surface area contributed by atoms with E-state index in [4.69, 9.17) is 0 Å². The Kier molecular flexibility index (Phi) is 8.67. The number of sulfonamides is 1. The molecule has 4 rings (SSSR count). The molecule has 12 nitrogen and oxygen atoms in total. The normalized spacial score (nSPS) is 11.3. The van der Waals surface area contributed by atoms with Gasteiger partial charge < -0.3 is 4.90 Å². The Morgan fingerprint density at radius 3 is 2.34 bits per heavy atom. The molecule has 1 aromatic heterocycles. The van der Waals surface area contributed by atoms with Gasteiger partial charge in [0.05, 0.1) is 16.4 Å². The maximum absolute atomic E-state index is 13.4. The third-order valence-corrected chi connectivity index (χ3v) is 7.79. The smallest absolute Gasteiger partial charge is 0.330 e. The number of nitro groups is 1. The SMILES string of the molecule is CCCCc1nn(-c2ccccc2[N+](=O)[O-])c(=O)n1Cc1ccc(-c2ccccc2S(=O)(=O)NC(=O)N(C)C)cc1. The third kappa shape index (κ3) is 6.35. The summed E-state index contributed by atoms with van der Waals surface area (Å²) in [4.78, 5) is 37.6. The van der Waals surface area contributed by atoms with E-state index in [9.17, 15) is 28.1 Å². The lowest BCUT2D eigenvalue weighted by Crippen LogP contribution is -2.38. The van der Waals surface area contributed by atoms with Gasteiger partial charge >= 0.3 is 11.7 Å². The van der Waals surface area contributed by atoms with E-state index >= 15 is 0 Å². The van der Waals surface area contributed by atoms with E-state index < -0.39 is 26.7 Å². The third-order valence-electron chi connectivity index (χ3n) is 6.41. The molecule has 0 radical (unpaired) electrons. The van der Waals surface area contributed by atoms with Crippen LogP contribution < -0.4 is 10.4 Å². The van der Waals surface area contributed by atoms with Crippen molar-refractivity contribution in [3.63, 3.8) is 0 Å². The van der Waals surface area contributed by atoms with Crippen LogP contribution in [0, 0.1) is 10.1 Å². The second-order valence-electron chi connectivity index (χ2n) is 9.54. The van der Waals surface area contributed by atoms with Crippen LogP contribution in [0.3, 0.4) is 0 Å². The minimum atomic E-state index is -4.14. The molecule has 3 aromatic carbocycles. The molecule has 2 amide bonds. The van der Waals surface area contributed by atoms with Gasteiger partial charge in [-0.2, -0.15) is 4.68 Å². The number of carbonyl (C=O) groups excluding carboxylic acids is 1. The second-order valence-corrected chi connectivity index (χ2v) is 11.2. The molecule has 41 heavy (non-hydrogen) atoms. The highest BCUT2D eigenvalue weighted by molar-refractivity contribution is 7.90. The molecule has 0 aliphatic heterocycles. The number of benzene rings is 3. The molecule has 4 aromatic rings. The number of carbonyl (C=O) groups is 1. The number of hydrogen-bond acceptors (Lipinski definition) is 7. The van der Waals surface area contributed by atoms with E-state index in [0.29, 0.717) is 23.4 Å². The van der Waals surface area contributed by atoms with Gasteiger partial charge in [0, 0.05) is 32.1 Å². The number of nitro benzene ring substituents is 1. The van der Waals surface area contributed by atoms with Crippen molar-refractivity contribution in [3.05, 3.63) is 105 Å². The molecular weight excluding hydrogens is 548 g/mol. The van der Waals surface area contributed by atoms with Crippen molar-refractivity contribution in [1.29, 1.82) is 0 Å². The van der Waals surface area contributed by atoms with Crippen LogP contribution in [-0.4, -0.2) is 52.7 Å². The van der Waals surface area contributed by atoms with Crippen molar-refractivity contribution in [2.75, 3.05) is 14.1 Å². The Hall–Kier alpha value is -4.78. The quantitative estimate of drug-likeness (QED) is 0.221. The predicted octanol–water partition coefficient (Wildman–Crippen LogP) is 3.96. The van der Waals surface area contributed by atoms with E-state index in [-0.39, 0.29) is 22.8 Å². The summed E-state index contributed by atoms with van der Waals surface area (Å²) in [7, 11) is -1.25. The predicted molar refractivity (Wildman–Crippen MR) is 153 cm³/mol.